The van der Waals surface area contributed by atoms with E-state index in [9.17, 15) is 0 Å². The third-order valence-corrected chi connectivity index (χ3v) is 3.64. The van der Waals surface area contributed by atoms with E-state index in [1.165, 1.54) is 12.8 Å². The van der Waals surface area contributed by atoms with Crippen LogP contribution >= 0.6 is 11.6 Å². The Bertz CT molecular complexity index is 424. The van der Waals surface area contributed by atoms with Gasteiger partial charge in [-0.25, -0.2) is 4.98 Å². The van der Waals surface area contributed by atoms with Crippen molar-refractivity contribution in [2.45, 2.75) is 38.7 Å². The molecule has 2 heterocycles. The molecule has 1 aliphatic heterocycles. The summed E-state index contributed by atoms with van der Waals surface area (Å²) in [5, 5.41) is 3.76. The van der Waals surface area contributed by atoms with E-state index in [2.05, 4.69) is 27.1 Å². The van der Waals surface area contributed by atoms with Crippen molar-refractivity contribution >= 4 is 23.4 Å². The number of hydrogen-bond acceptors (Lipinski definition) is 5. The van der Waals surface area contributed by atoms with Crippen LogP contribution in [-0.2, 0) is 4.74 Å². The predicted molar refractivity (Wildman–Crippen MR) is 82.7 cm³/mol. The fourth-order valence-corrected chi connectivity index (χ4v) is 2.53. The minimum atomic E-state index is 0.270. The first-order chi connectivity index (χ1) is 9.70. The van der Waals surface area contributed by atoms with E-state index in [-0.39, 0.29) is 6.10 Å². The fourth-order valence-electron chi connectivity index (χ4n) is 2.29. The average Bonchev–Trinajstić information content (AvgIpc) is 2.47. The smallest absolute Gasteiger partial charge is 0.224 e. The highest BCUT2D eigenvalue weighted by Crippen LogP contribution is 2.24. The lowest BCUT2D eigenvalue weighted by molar-refractivity contribution is 0.0215. The van der Waals surface area contributed by atoms with Crippen LogP contribution in [0.2, 0.25) is 5.02 Å². The van der Waals surface area contributed by atoms with Crippen molar-refractivity contribution in [2.75, 3.05) is 37.0 Å². The molecule has 1 aliphatic rings. The first kappa shape index (κ1) is 15.3. The van der Waals surface area contributed by atoms with E-state index < -0.39 is 0 Å². The van der Waals surface area contributed by atoms with Gasteiger partial charge in [-0.1, -0.05) is 18.5 Å². The highest BCUT2D eigenvalue weighted by molar-refractivity contribution is 6.32. The number of nitrogens with one attached hydrogen (secondary N) is 1. The summed E-state index contributed by atoms with van der Waals surface area (Å²) in [7, 11) is 2.00. The van der Waals surface area contributed by atoms with Crippen LogP contribution in [0, 0.1) is 0 Å². The van der Waals surface area contributed by atoms with Gasteiger partial charge in [0.15, 0.2) is 5.82 Å². The van der Waals surface area contributed by atoms with Gasteiger partial charge in [0, 0.05) is 26.7 Å². The minimum Gasteiger partial charge on any atom is -0.376 e. The van der Waals surface area contributed by atoms with Crippen molar-refractivity contribution in [2.24, 2.45) is 0 Å². The molecule has 1 atom stereocenters. The number of ether oxygens (including phenoxy) is 1. The van der Waals surface area contributed by atoms with E-state index in [0.29, 0.717) is 11.0 Å². The standard InChI is InChI=1S/C14H23ClN4O/c1-3-7-16-14-17-9-12(15)13(18-14)19(2)10-11-6-4-5-8-20-11/h9,11H,3-8,10H2,1-2H3,(H,16,17,18). The van der Waals surface area contributed by atoms with Crippen molar-refractivity contribution in [1.29, 1.82) is 0 Å². The molecular weight excluding hydrogens is 276 g/mol. The van der Waals surface area contributed by atoms with Crippen molar-refractivity contribution in [3.05, 3.63) is 11.2 Å². The van der Waals surface area contributed by atoms with E-state index in [1.54, 1.807) is 6.20 Å². The molecule has 5 nitrogen and oxygen atoms in total. The summed E-state index contributed by atoms with van der Waals surface area (Å²) in [6, 6.07) is 0. The summed E-state index contributed by atoms with van der Waals surface area (Å²) in [6.45, 7) is 4.64. The van der Waals surface area contributed by atoms with E-state index in [1.807, 2.05) is 7.05 Å². The van der Waals surface area contributed by atoms with E-state index in [0.717, 1.165) is 38.4 Å². The molecule has 0 aliphatic carbocycles. The van der Waals surface area contributed by atoms with Crippen LogP contribution in [0.15, 0.2) is 6.20 Å². The van der Waals surface area contributed by atoms with Crippen LogP contribution in [0.4, 0.5) is 11.8 Å². The molecule has 112 valence electrons. The number of anilines is 2. The molecule has 0 radical (unpaired) electrons. The number of rotatable bonds is 6. The molecule has 0 spiro atoms. The Morgan fingerprint density at radius 2 is 2.35 bits per heavy atom. The molecule has 1 saturated heterocycles. The van der Waals surface area contributed by atoms with E-state index >= 15 is 0 Å². The van der Waals surface area contributed by atoms with Gasteiger partial charge in [-0.05, 0) is 25.7 Å². The first-order valence-electron chi connectivity index (χ1n) is 7.30. The van der Waals surface area contributed by atoms with Crippen LogP contribution in [-0.4, -0.2) is 42.8 Å². The predicted octanol–water partition coefficient (Wildman–Crippen LogP) is 2.96. The van der Waals surface area contributed by atoms with Crippen molar-refractivity contribution < 1.29 is 4.74 Å². The second-order valence-corrected chi connectivity index (χ2v) is 5.57. The quantitative estimate of drug-likeness (QED) is 0.875. The molecule has 2 rings (SSSR count). The van der Waals surface area contributed by atoms with Crippen LogP contribution in [0.3, 0.4) is 0 Å². The lowest BCUT2D eigenvalue weighted by Crippen LogP contribution is -2.34. The second kappa shape index (κ2) is 7.64. The maximum atomic E-state index is 6.21. The van der Waals surface area contributed by atoms with Crippen molar-refractivity contribution in [3.63, 3.8) is 0 Å². The van der Waals surface area contributed by atoms with Crippen molar-refractivity contribution in [3.8, 4) is 0 Å². The lowest BCUT2D eigenvalue weighted by Gasteiger charge is -2.28. The highest BCUT2D eigenvalue weighted by atomic mass is 35.5. The van der Waals surface area contributed by atoms with E-state index in [4.69, 9.17) is 16.3 Å². The Hall–Kier alpha value is -1.07. The highest BCUT2D eigenvalue weighted by Gasteiger charge is 2.18. The maximum absolute atomic E-state index is 6.21. The molecule has 1 N–H and O–H groups in total. The SMILES string of the molecule is CCCNc1ncc(Cl)c(N(C)CC2CCCCO2)n1. The largest absolute Gasteiger partial charge is 0.376 e. The van der Waals surface area contributed by atoms with Gasteiger partial charge >= 0.3 is 0 Å². The molecule has 1 aromatic rings. The van der Waals surface area contributed by atoms with Crippen molar-refractivity contribution in [1.82, 2.24) is 9.97 Å². The molecule has 1 fully saturated rings. The van der Waals surface area contributed by atoms with Gasteiger partial charge in [-0.2, -0.15) is 4.98 Å². The van der Waals surface area contributed by atoms with Crippen LogP contribution in [0.5, 0.6) is 0 Å². The summed E-state index contributed by atoms with van der Waals surface area (Å²) in [4.78, 5) is 10.7. The molecule has 20 heavy (non-hydrogen) atoms. The molecule has 6 heteroatoms. The molecule has 0 saturated carbocycles. The summed E-state index contributed by atoms with van der Waals surface area (Å²) in [5.74, 6) is 1.39. The molecule has 1 unspecified atom stereocenters. The zero-order valence-corrected chi connectivity index (χ0v) is 13.0. The number of halogens is 1. The van der Waals surface area contributed by atoms with Gasteiger partial charge in [0.2, 0.25) is 5.95 Å². The third-order valence-electron chi connectivity index (χ3n) is 3.37. The lowest BCUT2D eigenvalue weighted by atomic mass is 10.1. The summed E-state index contributed by atoms with van der Waals surface area (Å²) >= 11 is 6.21. The molecule has 0 aromatic carbocycles. The Balaban J connectivity index is 2.01. The normalized spacial score (nSPS) is 18.9. The number of likely N-dealkylation sites (N-methyl/N-ethyl adjacent to an activating group) is 1. The average molecular weight is 299 g/mol. The maximum Gasteiger partial charge on any atom is 0.224 e. The van der Waals surface area contributed by atoms with Gasteiger partial charge in [-0.3, -0.25) is 0 Å². The van der Waals surface area contributed by atoms with Gasteiger partial charge in [0.1, 0.15) is 5.02 Å². The zero-order valence-electron chi connectivity index (χ0n) is 12.2. The Morgan fingerprint density at radius 3 is 3.05 bits per heavy atom. The number of aromatic nitrogens is 2. The molecule has 0 amide bonds. The monoisotopic (exact) mass is 298 g/mol. The summed E-state index contributed by atoms with van der Waals surface area (Å²) in [5.41, 5.74) is 0. The summed E-state index contributed by atoms with van der Waals surface area (Å²) in [6.07, 6.45) is 6.46. The van der Waals surface area contributed by atoms with Crippen LogP contribution in [0.25, 0.3) is 0 Å². The Morgan fingerprint density at radius 1 is 1.50 bits per heavy atom. The second-order valence-electron chi connectivity index (χ2n) is 5.16. The molecule has 0 bridgehead atoms. The minimum absolute atomic E-state index is 0.270. The fraction of sp³-hybridized carbons (Fsp3) is 0.714. The molecule has 1 aromatic heterocycles. The van der Waals surface area contributed by atoms with Gasteiger partial charge in [0.25, 0.3) is 0 Å². The van der Waals surface area contributed by atoms with Crippen LogP contribution < -0.4 is 10.2 Å². The third kappa shape index (κ3) is 4.21. The Kier molecular flexibility index (Phi) is 5.86. The Labute approximate surface area is 125 Å². The number of hydrogen-bond donors (Lipinski definition) is 1. The topological polar surface area (TPSA) is 50.3 Å². The number of nitrogens with zero attached hydrogens (tertiary/aromatic N) is 3. The van der Waals surface area contributed by atoms with Crippen LogP contribution in [0.1, 0.15) is 32.6 Å². The summed E-state index contributed by atoms with van der Waals surface area (Å²) < 4.78 is 5.76. The van der Waals surface area contributed by atoms with Gasteiger partial charge in [-0.15, -0.1) is 0 Å². The molecular formula is C14H23ClN4O. The zero-order chi connectivity index (χ0) is 14.4. The van der Waals surface area contributed by atoms with Gasteiger partial charge < -0.3 is 15.0 Å². The van der Waals surface area contributed by atoms with Gasteiger partial charge in [0.05, 0.1) is 12.3 Å². The first-order valence-corrected chi connectivity index (χ1v) is 7.67.